The van der Waals surface area contributed by atoms with Crippen LogP contribution < -0.4 is 0 Å². The lowest BCUT2D eigenvalue weighted by Gasteiger charge is -2.61. The highest BCUT2D eigenvalue weighted by atomic mass is 16.4. The van der Waals surface area contributed by atoms with Crippen molar-refractivity contribution >= 4 is 5.97 Å². The van der Waals surface area contributed by atoms with Crippen LogP contribution in [0.4, 0.5) is 0 Å². The number of unbranched alkanes of at least 4 members (excludes halogenated alkanes) is 10. The second-order valence-electron chi connectivity index (χ2n) is 16.9. The van der Waals surface area contributed by atoms with Gasteiger partial charge in [0.1, 0.15) is 0 Å². The highest BCUT2D eigenvalue weighted by Gasteiger charge is 2.60. The summed E-state index contributed by atoms with van der Waals surface area (Å²) >= 11 is 0. The Labute approximate surface area is 262 Å². The van der Waals surface area contributed by atoms with Gasteiger partial charge >= 0.3 is 5.97 Å². The Morgan fingerprint density at radius 1 is 0.714 bits per heavy atom. The van der Waals surface area contributed by atoms with Crippen molar-refractivity contribution in [3.63, 3.8) is 0 Å². The zero-order valence-electron chi connectivity index (χ0n) is 29.0. The number of aliphatic carboxylic acids is 1. The van der Waals surface area contributed by atoms with Gasteiger partial charge < -0.3 is 5.11 Å². The summed E-state index contributed by atoms with van der Waals surface area (Å²) in [7, 11) is 0. The van der Waals surface area contributed by atoms with Crippen molar-refractivity contribution in [2.45, 2.75) is 195 Å². The first kappa shape index (κ1) is 34.3. The Morgan fingerprint density at radius 2 is 1.31 bits per heavy atom. The lowest BCUT2D eigenvalue weighted by molar-refractivity contribution is -0.152. The number of fused-ring (bicyclic) bond motifs is 5. The Kier molecular flexibility index (Phi) is 12.8. The molecule has 0 aromatic rings. The predicted octanol–water partition coefficient (Wildman–Crippen LogP) is 12.6. The van der Waals surface area contributed by atoms with E-state index in [9.17, 15) is 9.90 Å². The molecule has 1 N–H and O–H groups in total. The van der Waals surface area contributed by atoms with Gasteiger partial charge in [-0.2, -0.15) is 0 Å². The lowest BCUT2D eigenvalue weighted by Crippen LogP contribution is -2.53. The fourth-order valence-corrected chi connectivity index (χ4v) is 12.1. The minimum Gasteiger partial charge on any atom is -0.481 e. The van der Waals surface area contributed by atoms with Gasteiger partial charge in [0.15, 0.2) is 0 Å². The number of hydrogen-bond acceptors (Lipinski definition) is 1. The van der Waals surface area contributed by atoms with E-state index in [0.29, 0.717) is 22.7 Å². The molecule has 0 saturated heterocycles. The van der Waals surface area contributed by atoms with E-state index in [1.807, 2.05) is 0 Å². The van der Waals surface area contributed by atoms with Crippen molar-refractivity contribution < 1.29 is 9.90 Å². The van der Waals surface area contributed by atoms with Crippen molar-refractivity contribution in [1.29, 1.82) is 0 Å². The van der Waals surface area contributed by atoms with Crippen LogP contribution >= 0.6 is 0 Å². The summed E-state index contributed by atoms with van der Waals surface area (Å²) in [5.74, 6) is 4.55. The first-order chi connectivity index (χ1) is 20.2. The molecule has 8 atom stereocenters. The first-order valence-corrected chi connectivity index (χ1v) is 19.4. The van der Waals surface area contributed by atoms with E-state index in [1.165, 1.54) is 128 Å². The topological polar surface area (TPSA) is 37.3 Å². The molecule has 0 aromatic carbocycles. The van der Waals surface area contributed by atoms with Crippen LogP contribution in [0.15, 0.2) is 0 Å². The summed E-state index contributed by atoms with van der Waals surface area (Å²) in [5, 5.41) is 10.9. The Balaban J connectivity index is 1.43. The molecule has 2 nitrogen and oxygen atoms in total. The molecule has 0 radical (unpaired) electrons. The molecular weight excluding hydrogens is 512 g/mol. The monoisotopic (exact) mass is 585 g/mol. The minimum atomic E-state index is -0.506. The van der Waals surface area contributed by atoms with E-state index in [1.54, 1.807) is 0 Å². The Morgan fingerprint density at radius 3 is 1.93 bits per heavy atom. The Bertz CT molecular complexity index is 802. The average molecular weight is 585 g/mol. The maximum atomic E-state index is 13.2. The number of hydrogen-bond donors (Lipinski definition) is 1. The quantitative estimate of drug-likeness (QED) is 0.163. The molecule has 4 aliphatic carbocycles. The highest BCUT2D eigenvalue weighted by Crippen LogP contribution is 2.68. The van der Waals surface area contributed by atoms with Gasteiger partial charge in [-0.15, -0.1) is 0 Å². The average Bonchev–Trinajstić information content (AvgIpc) is 3.33. The first-order valence-electron chi connectivity index (χ1n) is 19.4. The van der Waals surface area contributed by atoms with Gasteiger partial charge in [0, 0.05) is 0 Å². The fraction of sp³-hybridized carbons (Fsp3) is 0.975. The van der Waals surface area contributed by atoms with E-state index >= 15 is 0 Å². The van der Waals surface area contributed by atoms with Crippen LogP contribution in [0, 0.1) is 51.8 Å². The molecule has 4 saturated carbocycles. The number of rotatable bonds is 18. The largest absolute Gasteiger partial charge is 0.481 e. The van der Waals surface area contributed by atoms with E-state index < -0.39 is 11.4 Å². The summed E-state index contributed by atoms with van der Waals surface area (Å²) in [6, 6.07) is 0. The van der Waals surface area contributed by atoms with Gasteiger partial charge in [-0.25, -0.2) is 0 Å². The summed E-state index contributed by atoms with van der Waals surface area (Å²) in [6.45, 7) is 12.4. The molecule has 0 spiro atoms. The van der Waals surface area contributed by atoms with E-state index in [-0.39, 0.29) is 0 Å². The Hall–Kier alpha value is -0.530. The van der Waals surface area contributed by atoms with Crippen LogP contribution in [-0.4, -0.2) is 11.1 Å². The molecular formula is C40H72O2. The number of carboxylic acid groups (broad SMARTS) is 1. The molecule has 42 heavy (non-hydrogen) atoms. The van der Waals surface area contributed by atoms with Crippen LogP contribution in [0.2, 0.25) is 0 Å². The molecule has 2 heteroatoms. The standard InChI is InChI=1S/C40H72O2/c1-6-8-10-12-14-17-27-40(37(41)42,28-18-15-13-11-9-7-2)30-31(3)34-23-24-35-33-22-21-32-20-16-19-26-38(32,4)36(33)25-29-39(34,35)5/h31-36H,6-30H2,1-5H3,(H,41,42)/t31-,32?,33+,34-,35+,36+,38+,39-/m1/s1. The smallest absolute Gasteiger partial charge is 0.309 e. The molecule has 244 valence electrons. The predicted molar refractivity (Wildman–Crippen MR) is 180 cm³/mol. The molecule has 4 aliphatic rings. The minimum absolute atomic E-state index is 0.434. The molecule has 1 unspecified atom stereocenters. The molecule has 0 amide bonds. The third kappa shape index (κ3) is 7.46. The molecule has 4 fully saturated rings. The van der Waals surface area contributed by atoms with E-state index in [2.05, 4.69) is 34.6 Å². The maximum Gasteiger partial charge on any atom is 0.309 e. The summed E-state index contributed by atoms with van der Waals surface area (Å²) in [4.78, 5) is 13.2. The van der Waals surface area contributed by atoms with Crippen molar-refractivity contribution in [3.05, 3.63) is 0 Å². The number of carboxylic acids is 1. The van der Waals surface area contributed by atoms with Gasteiger partial charge in [-0.1, -0.05) is 125 Å². The third-order valence-electron chi connectivity index (χ3n) is 14.5. The van der Waals surface area contributed by atoms with Gasteiger partial charge in [-0.05, 0) is 117 Å². The molecule has 0 heterocycles. The van der Waals surface area contributed by atoms with Crippen LogP contribution in [0.5, 0.6) is 0 Å². The van der Waals surface area contributed by atoms with Gasteiger partial charge in [-0.3, -0.25) is 4.79 Å². The lowest BCUT2D eigenvalue weighted by atomic mass is 9.44. The maximum absolute atomic E-state index is 13.2. The second-order valence-corrected chi connectivity index (χ2v) is 16.9. The molecule has 0 aliphatic heterocycles. The molecule has 0 aromatic heterocycles. The molecule has 4 rings (SSSR count). The normalized spacial score (nSPS) is 35.3. The fourth-order valence-electron chi connectivity index (χ4n) is 12.1. The second kappa shape index (κ2) is 15.7. The SMILES string of the molecule is CCCCCCCCC(CCCCCCCC)(C[C@@H](C)[C@H]1CC[C@H]2[C@@H]3CCC4CCCC[C@]4(C)[C@H]3CC[C@]12C)C(=O)O. The van der Waals surface area contributed by atoms with Crippen LogP contribution in [0.25, 0.3) is 0 Å². The van der Waals surface area contributed by atoms with Crippen molar-refractivity contribution in [2.75, 3.05) is 0 Å². The van der Waals surface area contributed by atoms with Crippen LogP contribution in [-0.2, 0) is 4.79 Å². The third-order valence-corrected chi connectivity index (χ3v) is 14.5. The zero-order valence-corrected chi connectivity index (χ0v) is 29.0. The zero-order chi connectivity index (χ0) is 30.2. The van der Waals surface area contributed by atoms with Crippen LogP contribution in [0.1, 0.15) is 195 Å². The van der Waals surface area contributed by atoms with Gasteiger partial charge in [0.25, 0.3) is 0 Å². The number of carbonyl (C=O) groups is 1. The van der Waals surface area contributed by atoms with Crippen molar-refractivity contribution in [2.24, 2.45) is 51.8 Å². The van der Waals surface area contributed by atoms with Crippen molar-refractivity contribution in [3.8, 4) is 0 Å². The van der Waals surface area contributed by atoms with Gasteiger partial charge in [0.2, 0.25) is 0 Å². The van der Waals surface area contributed by atoms with E-state index in [0.717, 1.165) is 55.8 Å². The summed E-state index contributed by atoms with van der Waals surface area (Å²) in [6.07, 6.45) is 32.3. The van der Waals surface area contributed by atoms with E-state index in [4.69, 9.17) is 0 Å². The van der Waals surface area contributed by atoms with Crippen LogP contribution in [0.3, 0.4) is 0 Å². The van der Waals surface area contributed by atoms with Crippen molar-refractivity contribution in [1.82, 2.24) is 0 Å². The summed E-state index contributed by atoms with van der Waals surface area (Å²) in [5.41, 5.74) is 0.538. The highest BCUT2D eigenvalue weighted by molar-refractivity contribution is 5.74. The summed E-state index contributed by atoms with van der Waals surface area (Å²) < 4.78 is 0. The van der Waals surface area contributed by atoms with Gasteiger partial charge in [0.05, 0.1) is 5.41 Å². The molecule has 0 bridgehead atoms.